The number of pyridine rings is 3. The molecule has 0 aliphatic carbocycles. The molecule has 3 aromatic heterocycles. The van der Waals surface area contributed by atoms with Gasteiger partial charge in [-0.05, 0) is 31.1 Å². The zero-order valence-corrected chi connectivity index (χ0v) is 20.1. The maximum Gasteiger partial charge on any atom is 0.261 e. The van der Waals surface area contributed by atoms with E-state index in [1.54, 1.807) is 19.1 Å². The van der Waals surface area contributed by atoms with Gasteiger partial charge in [-0.1, -0.05) is 6.08 Å². The number of rotatable bonds is 6. The quantitative estimate of drug-likeness (QED) is 0.377. The van der Waals surface area contributed by atoms with Gasteiger partial charge in [-0.2, -0.15) is 0 Å². The van der Waals surface area contributed by atoms with Gasteiger partial charge in [0.2, 0.25) is 0 Å². The minimum absolute atomic E-state index is 0.0153. The van der Waals surface area contributed by atoms with Crippen molar-refractivity contribution in [1.29, 1.82) is 0 Å². The van der Waals surface area contributed by atoms with Gasteiger partial charge < -0.3 is 24.6 Å². The predicted octanol–water partition coefficient (Wildman–Crippen LogP) is 5.03. The van der Waals surface area contributed by atoms with E-state index in [1.165, 1.54) is 37.8 Å². The molecule has 5 rings (SSSR count). The molecule has 0 spiro atoms. The molecule has 0 saturated carbocycles. The van der Waals surface area contributed by atoms with Gasteiger partial charge in [-0.25, -0.2) is 9.37 Å². The Labute approximate surface area is 211 Å². The van der Waals surface area contributed by atoms with Crippen molar-refractivity contribution in [2.45, 2.75) is 13.3 Å². The fourth-order valence-corrected chi connectivity index (χ4v) is 4.06. The summed E-state index contributed by atoms with van der Waals surface area (Å²) < 4.78 is 31.2. The summed E-state index contributed by atoms with van der Waals surface area (Å²) in [6.07, 6.45) is 6.81. The highest BCUT2D eigenvalue weighted by molar-refractivity contribution is 6.07. The Balaban J connectivity index is 1.36. The van der Waals surface area contributed by atoms with Crippen LogP contribution in [0.2, 0.25) is 0 Å². The Hall–Kier alpha value is -4.57. The smallest absolute Gasteiger partial charge is 0.261 e. The second-order valence-electron chi connectivity index (χ2n) is 8.29. The van der Waals surface area contributed by atoms with Crippen molar-refractivity contribution < 1.29 is 28.5 Å². The number of nitrogens with zero attached hydrogens (tertiary/aromatic N) is 3. The molecule has 2 N–H and O–H groups in total. The molecule has 10 heteroatoms. The van der Waals surface area contributed by atoms with Crippen LogP contribution in [-0.2, 0) is 4.74 Å². The summed E-state index contributed by atoms with van der Waals surface area (Å²) in [6.45, 7) is 2.71. The van der Waals surface area contributed by atoms with Gasteiger partial charge in [-0.3, -0.25) is 14.8 Å². The van der Waals surface area contributed by atoms with Crippen LogP contribution in [0.15, 0.2) is 55.0 Å². The molecular formula is C27H23FN4O5. The highest BCUT2D eigenvalue weighted by Crippen LogP contribution is 2.35. The van der Waals surface area contributed by atoms with E-state index in [-0.39, 0.29) is 22.7 Å². The number of anilines is 1. The number of aromatic nitrogens is 3. The molecule has 0 bridgehead atoms. The molecule has 0 atom stereocenters. The van der Waals surface area contributed by atoms with Crippen molar-refractivity contribution in [2.24, 2.45) is 0 Å². The van der Waals surface area contributed by atoms with Gasteiger partial charge in [-0.15, -0.1) is 0 Å². The Morgan fingerprint density at radius 2 is 2.00 bits per heavy atom. The van der Waals surface area contributed by atoms with Crippen LogP contribution >= 0.6 is 0 Å². The van der Waals surface area contributed by atoms with Crippen LogP contribution in [0.4, 0.5) is 10.1 Å². The Morgan fingerprint density at radius 1 is 1.14 bits per heavy atom. The van der Waals surface area contributed by atoms with Crippen LogP contribution in [0.5, 0.6) is 23.0 Å². The van der Waals surface area contributed by atoms with E-state index in [9.17, 15) is 14.3 Å². The van der Waals surface area contributed by atoms with E-state index in [2.05, 4.69) is 20.3 Å². The normalized spacial score (nSPS) is 13.2. The third-order valence-corrected chi connectivity index (χ3v) is 5.93. The first-order chi connectivity index (χ1) is 17.9. The van der Waals surface area contributed by atoms with E-state index >= 15 is 0 Å². The average molecular weight is 503 g/mol. The molecule has 9 nitrogen and oxygen atoms in total. The van der Waals surface area contributed by atoms with Crippen LogP contribution in [-0.4, -0.2) is 46.3 Å². The van der Waals surface area contributed by atoms with E-state index in [0.717, 1.165) is 11.6 Å². The average Bonchev–Trinajstić information content (AvgIpc) is 2.90. The monoisotopic (exact) mass is 502 g/mol. The summed E-state index contributed by atoms with van der Waals surface area (Å²) in [5.74, 6) is -0.700. The summed E-state index contributed by atoms with van der Waals surface area (Å²) in [5, 5.41) is 13.5. The maximum atomic E-state index is 14.9. The standard InChI is InChI=1S/C27H23FN4O5/c1-15-24(16-6-9-36-10-7-16)26(33)19(14-30-15)27(34)32-17-3-4-22(20(28)11-17)37-23-5-8-29-21-12-18(35-2)13-31-25(21)23/h3-6,8,11-14H,7,9-10H2,1-2H3,(H,30,33)(H,32,34). The summed E-state index contributed by atoms with van der Waals surface area (Å²) in [7, 11) is 1.53. The number of hydrogen-bond donors (Lipinski definition) is 2. The first-order valence-corrected chi connectivity index (χ1v) is 11.5. The molecule has 0 fully saturated rings. The highest BCUT2D eigenvalue weighted by atomic mass is 19.1. The molecule has 1 aliphatic rings. The summed E-state index contributed by atoms with van der Waals surface area (Å²) >= 11 is 0. The lowest BCUT2D eigenvalue weighted by atomic mass is 9.97. The molecule has 37 heavy (non-hydrogen) atoms. The van der Waals surface area contributed by atoms with Crippen molar-refractivity contribution in [1.82, 2.24) is 15.0 Å². The molecular weight excluding hydrogens is 479 g/mol. The Bertz CT molecular complexity index is 1540. The SMILES string of the molecule is COc1cnc2c(Oc3ccc(NC(=O)c4cnc(C)c(C5=CCOCC5)c4O)cc3F)ccnc2c1. The van der Waals surface area contributed by atoms with Gasteiger partial charge >= 0.3 is 0 Å². The molecule has 4 aromatic rings. The van der Waals surface area contributed by atoms with E-state index < -0.39 is 11.7 Å². The number of halogens is 1. The van der Waals surface area contributed by atoms with Gasteiger partial charge in [0, 0.05) is 47.5 Å². The van der Waals surface area contributed by atoms with Crippen LogP contribution in [0, 0.1) is 12.7 Å². The first kappa shape index (κ1) is 24.1. The molecule has 1 aromatic carbocycles. The third kappa shape index (κ3) is 4.91. The molecule has 4 heterocycles. The molecule has 188 valence electrons. The number of hydrogen-bond acceptors (Lipinski definition) is 8. The Kier molecular flexibility index (Phi) is 6.65. The van der Waals surface area contributed by atoms with Crippen LogP contribution in [0.1, 0.15) is 28.0 Å². The molecule has 1 amide bonds. The number of fused-ring (bicyclic) bond motifs is 1. The van der Waals surface area contributed by atoms with E-state index in [4.69, 9.17) is 14.2 Å². The number of aromatic hydroxyl groups is 1. The summed E-state index contributed by atoms with van der Waals surface area (Å²) in [4.78, 5) is 25.7. The van der Waals surface area contributed by atoms with Crippen molar-refractivity contribution in [3.63, 3.8) is 0 Å². The van der Waals surface area contributed by atoms with Crippen LogP contribution in [0.25, 0.3) is 16.6 Å². The summed E-state index contributed by atoms with van der Waals surface area (Å²) in [5.41, 5.74) is 3.13. The summed E-state index contributed by atoms with van der Waals surface area (Å²) in [6, 6.07) is 7.30. The number of carbonyl (C=O) groups excluding carboxylic acids is 1. The van der Waals surface area contributed by atoms with Crippen LogP contribution in [0.3, 0.4) is 0 Å². The van der Waals surface area contributed by atoms with Gasteiger partial charge in [0.05, 0.1) is 32.0 Å². The zero-order valence-electron chi connectivity index (χ0n) is 20.1. The fourth-order valence-electron chi connectivity index (χ4n) is 4.06. The van der Waals surface area contributed by atoms with Crippen molar-refractivity contribution in [3.8, 4) is 23.0 Å². The fraction of sp³-hybridized carbons (Fsp3) is 0.185. The molecule has 0 saturated heterocycles. The van der Waals surface area contributed by atoms with Gasteiger partial charge in [0.15, 0.2) is 17.3 Å². The minimum Gasteiger partial charge on any atom is -0.506 e. The lowest BCUT2D eigenvalue weighted by molar-refractivity contribution is 0.102. The molecule has 0 radical (unpaired) electrons. The van der Waals surface area contributed by atoms with Gasteiger partial charge in [0.25, 0.3) is 5.91 Å². The number of aryl methyl sites for hydroxylation is 1. The third-order valence-electron chi connectivity index (χ3n) is 5.93. The second kappa shape index (κ2) is 10.2. The van der Waals surface area contributed by atoms with Crippen LogP contribution < -0.4 is 14.8 Å². The number of methoxy groups -OCH3 is 1. The predicted molar refractivity (Wildman–Crippen MR) is 135 cm³/mol. The van der Waals surface area contributed by atoms with E-state index in [0.29, 0.717) is 53.4 Å². The molecule has 1 aliphatic heterocycles. The number of benzene rings is 1. The first-order valence-electron chi connectivity index (χ1n) is 11.5. The number of nitrogens with one attached hydrogen (secondary N) is 1. The minimum atomic E-state index is -0.699. The van der Waals surface area contributed by atoms with Gasteiger partial charge in [0.1, 0.15) is 22.6 Å². The lowest BCUT2D eigenvalue weighted by Crippen LogP contribution is -2.14. The maximum absolute atomic E-state index is 14.9. The highest BCUT2D eigenvalue weighted by Gasteiger charge is 2.21. The topological polar surface area (TPSA) is 116 Å². The molecule has 0 unspecified atom stereocenters. The van der Waals surface area contributed by atoms with Crippen molar-refractivity contribution in [2.75, 3.05) is 25.6 Å². The van der Waals surface area contributed by atoms with Crippen molar-refractivity contribution >= 4 is 28.2 Å². The number of amides is 1. The van der Waals surface area contributed by atoms with Crippen molar-refractivity contribution in [3.05, 3.63) is 77.6 Å². The lowest BCUT2D eigenvalue weighted by Gasteiger charge is -2.18. The zero-order chi connectivity index (χ0) is 25.9. The number of ether oxygens (including phenoxy) is 3. The number of carbonyl (C=O) groups is 1. The second-order valence-corrected chi connectivity index (χ2v) is 8.29. The Morgan fingerprint density at radius 3 is 2.76 bits per heavy atom. The largest absolute Gasteiger partial charge is 0.506 e. The van der Waals surface area contributed by atoms with E-state index in [1.807, 2.05) is 6.08 Å².